The van der Waals surface area contributed by atoms with E-state index in [9.17, 15) is 4.79 Å². The van der Waals surface area contributed by atoms with Crippen LogP contribution in [0, 0.1) is 0 Å². The summed E-state index contributed by atoms with van der Waals surface area (Å²) in [5.41, 5.74) is 0. The molecule has 0 heterocycles. The van der Waals surface area contributed by atoms with Crippen LogP contribution in [0.5, 0.6) is 0 Å². The second-order valence-corrected chi connectivity index (χ2v) is 2.19. The maximum atomic E-state index is 9.44. The molecule has 0 amide bonds. The molecule has 11 heavy (non-hydrogen) atoms. The minimum Gasteiger partial charge on any atom is -0.479 e. The zero-order chi connectivity index (χ0) is 9.44. The number of aliphatic carboxylic acids is 2. The van der Waals surface area contributed by atoms with Crippen LogP contribution in [-0.2, 0) is 14.4 Å². The van der Waals surface area contributed by atoms with E-state index < -0.39 is 16.8 Å². The highest BCUT2D eigenvalue weighted by Gasteiger charge is 2.05. The first-order chi connectivity index (χ1) is 4.91. The van der Waals surface area contributed by atoms with Gasteiger partial charge in [0, 0.05) is 0 Å². The Hall–Kier alpha value is -0.810. The molecule has 0 aliphatic rings. The van der Waals surface area contributed by atoms with Crippen molar-refractivity contribution in [2.45, 2.75) is 4.84 Å². The van der Waals surface area contributed by atoms with Crippen LogP contribution in [0.15, 0.2) is 0 Å². The van der Waals surface area contributed by atoms with Gasteiger partial charge in [-0.2, -0.15) is 0 Å². The zero-order valence-corrected chi connectivity index (χ0v) is 6.54. The lowest BCUT2D eigenvalue weighted by atomic mass is 10.8. The molecule has 0 aliphatic heterocycles. The van der Waals surface area contributed by atoms with Crippen molar-refractivity contribution in [1.29, 1.82) is 0 Å². The Morgan fingerprint density at radius 3 is 1.45 bits per heavy atom. The second kappa shape index (κ2) is 7.30. The lowest BCUT2D eigenvalue weighted by Gasteiger charge is -1.84. The molecule has 0 saturated heterocycles. The Labute approximate surface area is 71.5 Å². The van der Waals surface area contributed by atoms with Gasteiger partial charge in [0.15, 0.2) is 0 Å². The predicted octanol–water partition coefficient (Wildman–Crippen LogP) is 0.145. The lowest BCUT2D eigenvalue weighted by Crippen LogP contribution is -2.03. The molecule has 0 bridgehead atoms. The molecule has 2 N–H and O–H groups in total. The summed E-state index contributed by atoms with van der Waals surface area (Å²) in [7, 11) is 0. The first-order valence-electron chi connectivity index (χ1n) is 2.10. The molecule has 7 heteroatoms. The molecule has 0 saturated carbocycles. The molecule has 0 radical (unpaired) electrons. The van der Waals surface area contributed by atoms with E-state index in [0.717, 1.165) is 0 Å². The van der Waals surface area contributed by atoms with Crippen molar-refractivity contribution in [3.05, 3.63) is 0 Å². The van der Waals surface area contributed by atoms with Crippen molar-refractivity contribution in [3.8, 4) is 0 Å². The summed E-state index contributed by atoms with van der Waals surface area (Å²) in [6, 6.07) is 0. The van der Waals surface area contributed by atoms with E-state index in [4.69, 9.17) is 43.0 Å². The van der Waals surface area contributed by atoms with Crippen molar-refractivity contribution in [2.75, 3.05) is 0 Å². The SMILES string of the molecule is O=C(O)C(Cl)Cl.O=CC(=O)O. The molecule has 0 fully saturated rings. The van der Waals surface area contributed by atoms with Gasteiger partial charge in [-0.1, -0.05) is 23.2 Å². The highest BCUT2D eigenvalue weighted by Crippen LogP contribution is 1.98. The quantitative estimate of drug-likeness (QED) is 0.378. The third kappa shape index (κ3) is 17.6. The molecule has 0 spiro atoms. The number of hydrogen-bond acceptors (Lipinski definition) is 3. The summed E-state index contributed by atoms with van der Waals surface area (Å²) in [5, 5.41) is 15.1. The van der Waals surface area contributed by atoms with Crippen LogP contribution in [-0.4, -0.2) is 33.3 Å². The first-order valence-corrected chi connectivity index (χ1v) is 2.98. The van der Waals surface area contributed by atoms with Crippen LogP contribution in [0.1, 0.15) is 0 Å². The Bertz CT molecular complexity index is 155. The summed E-state index contributed by atoms with van der Waals surface area (Å²) in [5.74, 6) is -2.64. The van der Waals surface area contributed by atoms with Crippen molar-refractivity contribution in [3.63, 3.8) is 0 Å². The van der Waals surface area contributed by atoms with Crippen LogP contribution >= 0.6 is 23.2 Å². The molecular weight excluding hydrogens is 199 g/mol. The average molecular weight is 203 g/mol. The van der Waals surface area contributed by atoms with E-state index in [1.165, 1.54) is 0 Å². The normalized spacial score (nSPS) is 7.91. The fourth-order valence-electron chi connectivity index (χ4n) is 0. The number of hydrogen-bond donors (Lipinski definition) is 2. The van der Waals surface area contributed by atoms with Crippen molar-refractivity contribution in [2.24, 2.45) is 0 Å². The Morgan fingerprint density at radius 1 is 1.27 bits per heavy atom. The van der Waals surface area contributed by atoms with Crippen molar-refractivity contribution < 1.29 is 24.6 Å². The Kier molecular flexibility index (Phi) is 8.51. The number of carboxylic acid groups (broad SMARTS) is 2. The third-order valence-corrected chi connectivity index (χ3v) is 0.661. The van der Waals surface area contributed by atoms with Gasteiger partial charge in [0.05, 0.1) is 0 Å². The fourth-order valence-corrected chi connectivity index (χ4v) is 0. The van der Waals surface area contributed by atoms with Gasteiger partial charge in [0.2, 0.25) is 11.1 Å². The number of aldehydes is 1. The van der Waals surface area contributed by atoms with Gasteiger partial charge in [0.1, 0.15) is 0 Å². The molecule has 0 atom stereocenters. The summed E-state index contributed by atoms with van der Waals surface area (Å²) in [6.07, 6.45) is -0.167. The molecule has 0 aliphatic carbocycles. The number of carbonyl (C=O) groups excluding carboxylic acids is 1. The third-order valence-electron chi connectivity index (χ3n) is 0.287. The van der Waals surface area contributed by atoms with Gasteiger partial charge in [-0.3, -0.25) is 4.79 Å². The van der Waals surface area contributed by atoms with E-state index in [1.54, 1.807) is 0 Å². The summed E-state index contributed by atoms with van der Waals surface area (Å²) in [6.45, 7) is 0. The van der Waals surface area contributed by atoms with Crippen LogP contribution in [0.4, 0.5) is 0 Å². The van der Waals surface area contributed by atoms with E-state index in [2.05, 4.69) is 0 Å². The van der Waals surface area contributed by atoms with E-state index in [0.29, 0.717) is 0 Å². The minimum atomic E-state index is -1.43. The fraction of sp³-hybridized carbons (Fsp3) is 0.250. The summed E-state index contributed by atoms with van der Waals surface area (Å²) < 4.78 is 0. The van der Waals surface area contributed by atoms with E-state index in [-0.39, 0.29) is 6.29 Å². The van der Waals surface area contributed by atoms with Gasteiger partial charge in [0.25, 0.3) is 0 Å². The molecule has 5 nitrogen and oxygen atoms in total. The number of halogens is 2. The molecule has 0 rings (SSSR count). The Morgan fingerprint density at radius 2 is 1.45 bits per heavy atom. The smallest absolute Gasteiger partial charge is 0.368 e. The predicted molar refractivity (Wildman–Crippen MR) is 36.8 cm³/mol. The molecule has 0 aromatic heterocycles. The molecule has 64 valence electrons. The second-order valence-electron chi connectivity index (χ2n) is 1.10. The van der Waals surface area contributed by atoms with Crippen LogP contribution in [0.25, 0.3) is 0 Å². The van der Waals surface area contributed by atoms with Crippen molar-refractivity contribution in [1.82, 2.24) is 0 Å². The maximum Gasteiger partial charge on any atom is 0.368 e. The highest BCUT2D eigenvalue weighted by molar-refractivity contribution is 6.52. The van der Waals surface area contributed by atoms with Crippen LogP contribution in [0.2, 0.25) is 0 Å². The van der Waals surface area contributed by atoms with Gasteiger partial charge in [-0.05, 0) is 0 Å². The molecule has 0 aromatic carbocycles. The van der Waals surface area contributed by atoms with Crippen LogP contribution in [0.3, 0.4) is 0 Å². The number of rotatable bonds is 2. The van der Waals surface area contributed by atoms with Gasteiger partial charge >= 0.3 is 11.9 Å². The largest absolute Gasteiger partial charge is 0.479 e. The number of alkyl halides is 2. The lowest BCUT2D eigenvalue weighted by molar-refractivity contribution is -0.143. The minimum absolute atomic E-state index is 0.167. The topological polar surface area (TPSA) is 91.7 Å². The van der Waals surface area contributed by atoms with Crippen LogP contribution < -0.4 is 0 Å². The van der Waals surface area contributed by atoms with Crippen molar-refractivity contribution >= 4 is 41.4 Å². The monoisotopic (exact) mass is 202 g/mol. The maximum absolute atomic E-state index is 9.44. The molecule has 0 unspecified atom stereocenters. The standard InChI is InChI=1S/C2H2Cl2O2.C2H2O3/c3-1(4)2(5)6;3-1-2(4)5/h1H,(H,5,6);1H,(H,4,5). The molecule has 0 aromatic rings. The van der Waals surface area contributed by atoms with E-state index >= 15 is 0 Å². The zero-order valence-electron chi connectivity index (χ0n) is 5.03. The number of carbonyl (C=O) groups is 3. The first kappa shape index (κ1) is 12.8. The van der Waals surface area contributed by atoms with Gasteiger partial charge in [-0.25, -0.2) is 9.59 Å². The highest BCUT2D eigenvalue weighted by atomic mass is 35.5. The van der Waals surface area contributed by atoms with E-state index in [1.807, 2.05) is 0 Å². The van der Waals surface area contributed by atoms with Gasteiger partial charge < -0.3 is 10.2 Å². The molecular formula is C4H4Cl2O5. The van der Waals surface area contributed by atoms with Gasteiger partial charge in [-0.15, -0.1) is 0 Å². The Balaban J connectivity index is 0. The average Bonchev–Trinajstić information content (AvgIpc) is 1.89. The number of carboxylic acids is 2. The summed E-state index contributed by atoms with van der Waals surface area (Å²) in [4.78, 5) is 26.1. The summed E-state index contributed by atoms with van der Waals surface area (Å²) >= 11 is 9.56.